The van der Waals surface area contributed by atoms with Crippen molar-refractivity contribution < 1.29 is 4.79 Å². The number of nitrogens with zero attached hydrogens (tertiary/aromatic N) is 3. The summed E-state index contributed by atoms with van der Waals surface area (Å²) in [5.41, 5.74) is 4.43. The SMILES string of the molecule is Cc1nn(-c2ccccc2Cl)c2sc(C(=O)NN(C)C)cc12. The second-order valence-electron chi connectivity index (χ2n) is 5.11. The van der Waals surface area contributed by atoms with Gasteiger partial charge in [0, 0.05) is 19.5 Å². The van der Waals surface area contributed by atoms with E-state index in [4.69, 9.17) is 11.6 Å². The number of hydrogen-bond acceptors (Lipinski definition) is 4. The summed E-state index contributed by atoms with van der Waals surface area (Å²) in [6.07, 6.45) is 0. The standard InChI is InChI=1S/C15H15ClN4OS/c1-9-10-8-13(14(21)18-19(2)3)22-15(10)20(17-9)12-7-5-4-6-11(12)16/h4-8H,1-3H3,(H,18,21). The number of carbonyl (C=O) groups excluding carboxylic acids is 1. The minimum atomic E-state index is -0.128. The van der Waals surface area contributed by atoms with Gasteiger partial charge in [0.05, 0.1) is 21.3 Å². The summed E-state index contributed by atoms with van der Waals surface area (Å²) in [6, 6.07) is 9.40. The number of aryl methyl sites for hydroxylation is 1. The van der Waals surface area contributed by atoms with Gasteiger partial charge in [0.15, 0.2) is 0 Å². The first kappa shape index (κ1) is 15.0. The van der Waals surface area contributed by atoms with E-state index >= 15 is 0 Å². The molecule has 1 N–H and O–H groups in total. The van der Waals surface area contributed by atoms with Crippen molar-refractivity contribution in [3.05, 3.63) is 45.9 Å². The molecule has 0 unspecified atom stereocenters. The fraction of sp³-hybridized carbons (Fsp3) is 0.200. The zero-order chi connectivity index (χ0) is 15.9. The summed E-state index contributed by atoms with van der Waals surface area (Å²) in [5, 5.41) is 7.76. The number of hydrazine groups is 1. The van der Waals surface area contributed by atoms with Gasteiger partial charge in [-0.1, -0.05) is 23.7 Å². The topological polar surface area (TPSA) is 50.2 Å². The van der Waals surface area contributed by atoms with Crippen LogP contribution in [0.25, 0.3) is 15.9 Å². The van der Waals surface area contributed by atoms with Crippen molar-refractivity contribution in [2.24, 2.45) is 0 Å². The first-order valence-corrected chi connectivity index (χ1v) is 7.89. The smallest absolute Gasteiger partial charge is 0.275 e. The molecule has 1 aromatic carbocycles. The van der Waals surface area contributed by atoms with Crippen LogP contribution >= 0.6 is 22.9 Å². The van der Waals surface area contributed by atoms with Gasteiger partial charge in [0.25, 0.3) is 5.91 Å². The molecule has 0 bridgehead atoms. The van der Waals surface area contributed by atoms with E-state index in [0.29, 0.717) is 9.90 Å². The van der Waals surface area contributed by atoms with E-state index in [-0.39, 0.29) is 5.91 Å². The normalized spacial score (nSPS) is 11.3. The van der Waals surface area contributed by atoms with Gasteiger partial charge in [0.1, 0.15) is 4.83 Å². The van der Waals surface area contributed by atoms with E-state index in [0.717, 1.165) is 21.6 Å². The predicted octanol–water partition coefficient (Wildman–Crippen LogP) is 3.26. The van der Waals surface area contributed by atoms with Crippen LogP contribution in [0.1, 0.15) is 15.4 Å². The molecule has 22 heavy (non-hydrogen) atoms. The average Bonchev–Trinajstić information content (AvgIpc) is 3.00. The summed E-state index contributed by atoms with van der Waals surface area (Å²) < 4.78 is 1.80. The molecule has 3 rings (SSSR count). The molecule has 1 amide bonds. The van der Waals surface area contributed by atoms with Crippen LogP contribution in [0.2, 0.25) is 5.02 Å². The zero-order valence-corrected chi connectivity index (χ0v) is 14.0. The van der Waals surface area contributed by atoms with E-state index in [2.05, 4.69) is 10.5 Å². The maximum absolute atomic E-state index is 12.2. The van der Waals surface area contributed by atoms with Crippen molar-refractivity contribution in [2.45, 2.75) is 6.92 Å². The molecule has 0 spiro atoms. The number of thiophene rings is 1. The first-order valence-electron chi connectivity index (χ1n) is 6.69. The van der Waals surface area contributed by atoms with Crippen molar-refractivity contribution in [1.82, 2.24) is 20.2 Å². The highest BCUT2D eigenvalue weighted by Gasteiger charge is 2.18. The maximum atomic E-state index is 12.2. The summed E-state index contributed by atoms with van der Waals surface area (Å²) in [5.74, 6) is -0.128. The number of aromatic nitrogens is 2. The lowest BCUT2D eigenvalue weighted by Gasteiger charge is -2.10. The lowest BCUT2D eigenvalue weighted by atomic mass is 10.3. The number of halogens is 1. The Hall–Kier alpha value is -1.89. The van der Waals surface area contributed by atoms with E-state index < -0.39 is 0 Å². The molecule has 7 heteroatoms. The van der Waals surface area contributed by atoms with E-state index in [1.807, 2.05) is 37.3 Å². The number of amides is 1. The zero-order valence-electron chi connectivity index (χ0n) is 12.4. The van der Waals surface area contributed by atoms with Crippen LogP contribution in [0.4, 0.5) is 0 Å². The summed E-state index contributed by atoms with van der Waals surface area (Å²) in [7, 11) is 3.56. The molecular formula is C15H15ClN4OS. The Morgan fingerprint density at radius 3 is 2.77 bits per heavy atom. The molecule has 0 radical (unpaired) electrons. The second-order valence-corrected chi connectivity index (χ2v) is 6.55. The third-order valence-corrected chi connectivity index (χ3v) is 4.60. The fourth-order valence-corrected chi connectivity index (χ4v) is 3.49. The van der Waals surface area contributed by atoms with Crippen LogP contribution in [0.15, 0.2) is 30.3 Å². The molecule has 3 aromatic rings. The number of carbonyl (C=O) groups is 1. The highest BCUT2D eigenvalue weighted by Crippen LogP contribution is 2.32. The van der Waals surface area contributed by atoms with Crippen LogP contribution in [-0.4, -0.2) is 34.8 Å². The largest absolute Gasteiger partial charge is 0.285 e. The van der Waals surface area contributed by atoms with Gasteiger partial charge < -0.3 is 0 Å². The summed E-state index contributed by atoms with van der Waals surface area (Å²) >= 11 is 7.67. The van der Waals surface area contributed by atoms with Crippen LogP contribution in [0.5, 0.6) is 0 Å². The minimum Gasteiger partial charge on any atom is -0.285 e. The number of rotatable bonds is 3. The van der Waals surface area contributed by atoms with Gasteiger partial charge in [-0.25, -0.2) is 9.69 Å². The van der Waals surface area contributed by atoms with E-state index in [1.54, 1.807) is 23.8 Å². The maximum Gasteiger partial charge on any atom is 0.275 e. The fourth-order valence-electron chi connectivity index (χ4n) is 2.20. The Bertz CT molecular complexity index is 852. The molecule has 0 fully saturated rings. The van der Waals surface area contributed by atoms with Crippen molar-refractivity contribution in [2.75, 3.05) is 14.1 Å². The molecule has 0 aliphatic rings. The van der Waals surface area contributed by atoms with Gasteiger partial charge in [-0.3, -0.25) is 10.2 Å². The lowest BCUT2D eigenvalue weighted by Crippen LogP contribution is -2.35. The minimum absolute atomic E-state index is 0.128. The molecule has 114 valence electrons. The second kappa shape index (κ2) is 5.72. The molecule has 0 atom stereocenters. The monoisotopic (exact) mass is 334 g/mol. The van der Waals surface area contributed by atoms with Crippen LogP contribution in [0, 0.1) is 6.92 Å². The highest BCUT2D eigenvalue weighted by molar-refractivity contribution is 7.20. The van der Waals surface area contributed by atoms with Gasteiger partial charge in [-0.15, -0.1) is 11.3 Å². The number of fused-ring (bicyclic) bond motifs is 1. The summed E-state index contributed by atoms with van der Waals surface area (Å²) in [4.78, 5) is 13.7. The Balaban J connectivity index is 2.12. The Morgan fingerprint density at radius 2 is 2.09 bits per heavy atom. The van der Waals surface area contributed by atoms with E-state index in [9.17, 15) is 4.79 Å². The quantitative estimate of drug-likeness (QED) is 0.748. The van der Waals surface area contributed by atoms with Gasteiger partial charge >= 0.3 is 0 Å². The van der Waals surface area contributed by atoms with Crippen molar-refractivity contribution in [1.29, 1.82) is 0 Å². The number of benzene rings is 1. The van der Waals surface area contributed by atoms with Gasteiger partial charge in [-0.2, -0.15) is 5.10 Å². The molecular weight excluding hydrogens is 320 g/mol. The number of hydrogen-bond donors (Lipinski definition) is 1. The average molecular weight is 335 g/mol. The lowest BCUT2D eigenvalue weighted by molar-refractivity contribution is 0.0861. The van der Waals surface area contributed by atoms with Gasteiger partial charge in [0.2, 0.25) is 0 Å². The number of para-hydroxylation sites is 1. The van der Waals surface area contributed by atoms with Crippen molar-refractivity contribution >= 4 is 39.1 Å². The molecule has 2 heterocycles. The number of nitrogens with one attached hydrogen (secondary N) is 1. The molecule has 2 aromatic heterocycles. The molecule has 0 aliphatic carbocycles. The third kappa shape index (κ3) is 2.61. The highest BCUT2D eigenvalue weighted by atomic mass is 35.5. The van der Waals surface area contributed by atoms with Crippen LogP contribution in [0.3, 0.4) is 0 Å². The molecule has 0 saturated carbocycles. The Morgan fingerprint density at radius 1 is 1.36 bits per heavy atom. The van der Waals surface area contributed by atoms with E-state index in [1.165, 1.54) is 11.3 Å². The third-order valence-electron chi connectivity index (χ3n) is 3.17. The van der Waals surface area contributed by atoms with Crippen LogP contribution in [-0.2, 0) is 0 Å². The Labute approximate surface area is 137 Å². The molecule has 0 saturated heterocycles. The molecule has 0 aliphatic heterocycles. The van der Waals surface area contributed by atoms with Crippen molar-refractivity contribution in [3.63, 3.8) is 0 Å². The first-order chi connectivity index (χ1) is 10.5. The molecule has 5 nitrogen and oxygen atoms in total. The van der Waals surface area contributed by atoms with Crippen molar-refractivity contribution in [3.8, 4) is 5.69 Å². The summed E-state index contributed by atoms with van der Waals surface area (Å²) in [6.45, 7) is 1.93. The van der Waals surface area contributed by atoms with Gasteiger partial charge in [-0.05, 0) is 25.1 Å². The Kier molecular flexibility index (Phi) is 3.90. The van der Waals surface area contributed by atoms with Crippen LogP contribution < -0.4 is 5.43 Å². The predicted molar refractivity (Wildman–Crippen MR) is 89.8 cm³/mol.